The van der Waals surface area contributed by atoms with Gasteiger partial charge in [0.1, 0.15) is 11.6 Å². The molecule has 0 bridgehead atoms. The minimum absolute atomic E-state index is 0.0382. The van der Waals surface area contributed by atoms with E-state index in [0.29, 0.717) is 34.4 Å². The Morgan fingerprint density at radius 1 is 1.24 bits per heavy atom. The molecular formula is C23H25ClN2O3. The number of anilines is 1. The Bertz CT molecular complexity index is 915. The van der Waals surface area contributed by atoms with Crippen molar-refractivity contribution in [3.63, 3.8) is 0 Å². The lowest BCUT2D eigenvalue weighted by Crippen LogP contribution is -2.13. The third-order valence-electron chi connectivity index (χ3n) is 4.24. The van der Waals surface area contributed by atoms with E-state index >= 15 is 0 Å². The average Bonchev–Trinajstić information content (AvgIpc) is 2.71. The summed E-state index contributed by atoms with van der Waals surface area (Å²) in [5.74, 6) is 0.379. The molecule has 0 heterocycles. The average molecular weight is 413 g/mol. The molecule has 0 aliphatic heterocycles. The van der Waals surface area contributed by atoms with Crippen LogP contribution in [-0.4, -0.2) is 19.6 Å². The van der Waals surface area contributed by atoms with Crippen LogP contribution in [0.15, 0.2) is 42.0 Å². The lowest BCUT2D eigenvalue weighted by Gasteiger charge is -2.12. The van der Waals surface area contributed by atoms with E-state index in [1.54, 1.807) is 12.1 Å². The summed E-state index contributed by atoms with van der Waals surface area (Å²) in [6.45, 7) is 4.43. The van der Waals surface area contributed by atoms with E-state index in [-0.39, 0.29) is 5.57 Å². The smallest absolute Gasteiger partial charge is 0.266 e. The zero-order valence-electron chi connectivity index (χ0n) is 16.9. The lowest BCUT2D eigenvalue weighted by atomic mass is 10.1. The molecule has 2 rings (SSSR count). The first-order valence-corrected chi connectivity index (χ1v) is 9.92. The summed E-state index contributed by atoms with van der Waals surface area (Å²) >= 11 is 6.24. The fraction of sp³-hybridized carbons (Fsp3) is 0.304. The number of aryl methyl sites for hydroxylation is 1. The largest absolute Gasteiger partial charge is 0.491 e. The number of carbonyl (C=O) groups is 1. The van der Waals surface area contributed by atoms with Crippen molar-refractivity contribution < 1.29 is 14.3 Å². The van der Waals surface area contributed by atoms with E-state index < -0.39 is 5.91 Å². The van der Waals surface area contributed by atoms with Crippen molar-refractivity contribution in [1.29, 1.82) is 5.26 Å². The maximum atomic E-state index is 12.5. The number of ether oxygens (including phenoxy) is 2. The first-order chi connectivity index (χ1) is 14.0. The summed E-state index contributed by atoms with van der Waals surface area (Å²) in [5, 5.41) is 12.5. The molecule has 6 heteroatoms. The monoisotopic (exact) mass is 412 g/mol. The van der Waals surface area contributed by atoms with E-state index in [0.717, 1.165) is 19.3 Å². The van der Waals surface area contributed by atoms with E-state index in [9.17, 15) is 10.1 Å². The highest BCUT2D eigenvalue weighted by atomic mass is 35.5. The topological polar surface area (TPSA) is 71.4 Å². The Labute approximate surface area is 176 Å². The number of nitriles is 1. The zero-order valence-corrected chi connectivity index (χ0v) is 17.7. The molecule has 0 unspecified atom stereocenters. The summed E-state index contributed by atoms with van der Waals surface area (Å²) in [4.78, 5) is 12.5. The molecule has 1 amide bonds. The number of hydrogen-bond acceptors (Lipinski definition) is 4. The standard InChI is InChI=1S/C23H25ClN2O3/c1-4-6-7-16-8-10-19(11-9-16)26-23(27)18(15-25)12-17-13-20(24)22(28-3)21(14-17)29-5-2/h8-14H,4-7H2,1-3H3,(H,26,27)/b18-12+. The molecule has 2 aromatic carbocycles. The number of carbonyl (C=O) groups excluding carboxylic acids is 1. The van der Waals surface area contributed by atoms with Crippen LogP contribution in [0.1, 0.15) is 37.8 Å². The molecule has 152 valence electrons. The van der Waals surface area contributed by atoms with Gasteiger partial charge in [0.2, 0.25) is 0 Å². The zero-order chi connectivity index (χ0) is 21.2. The van der Waals surface area contributed by atoms with E-state index in [4.69, 9.17) is 21.1 Å². The van der Waals surface area contributed by atoms with Gasteiger partial charge in [-0.15, -0.1) is 0 Å². The van der Waals surface area contributed by atoms with Crippen LogP contribution < -0.4 is 14.8 Å². The molecule has 5 nitrogen and oxygen atoms in total. The van der Waals surface area contributed by atoms with Gasteiger partial charge in [0.05, 0.1) is 18.7 Å². The van der Waals surface area contributed by atoms with Crippen LogP contribution in [-0.2, 0) is 11.2 Å². The Morgan fingerprint density at radius 2 is 1.97 bits per heavy atom. The quantitative estimate of drug-likeness (QED) is 0.427. The molecule has 0 saturated heterocycles. The van der Waals surface area contributed by atoms with Crippen LogP contribution in [0.2, 0.25) is 5.02 Å². The lowest BCUT2D eigenvalue weighted by molar-refractivity contribution is -0.112. The van der Waals surface area contributed by atoms with Gasteiger partial charge in [-0.05, 0) is 61.2 Å². The summed E-state index contributed by atoms with van der Waals surface area (Å²) in [6.07, 6.45) is 4.74. The van der Waals surface area contributed by atoms with Gasteiger partial charge in [0, 0.05) is 5.69 Å². The van der Waals surface area contributed by atoms with Crippen LogP contribution >= 0.6 is 11.6 Å². The number of rotatable bonds is 9. The second-order valence-electron chi connectivity index (χ2n) is 6.39. The molecule has 2 aromatic rings. The van der Waals surface area contributed by atoms with Crippen molar-refractivity contribution >= 4 is 29.3 Å². The summed E-state index contributed by atoms with van der Waals surface area (Å²) < 4.78 is 10.8. The third-order valence-corrected chi connectivity index (χ3v) is 4.52. The number of unbranched alkanes of at least 4 members (excludes halogenated alkanes) is 1. The molecular weight excluding hydrogens is 388 g/mol. The Hall–Kier alpha value is -2.97. The number of benzene rings is 2. The molecule has 0 fully saturated rings. The van der Waals surface area contributed by atoms with Gasteiger partial charge >= 0.3 is 0 Å². The van der Waals surface area contributed by atoms with Crippen LogP contribution in [0.3, 0.4) is 0 Å². The summed E-state index contributed by atoms with van der Waals surface area (Å²) in [7, 11) is 1.50. The van der Waals surface area contributed by atoms with Crippen molar-refractivity contribution in [1.82, 2.24) is 0 Å². The van der Waals surface area contributed by atoms with Gasteiger partial charge in [-0.25, -0.2) is 0 Å². The van der Waals surface area contributed by atoms with Crippen molar-refractivity contribution in [2.45, 2.75) is 33.1 Å². The fourth-order valence-electron chi connectivity index (χ4n) is 2.78. The maximum Gasteiger partial charge on any atom is 0.266 e. The molecule has 0 atom stereocenters. The van der Waals surface area contributed by atoms with Crippen LogP contribution in [0.5, 0.6) is 11.5 Å². The van der Waals surface area contributed by atoms with Gasteiger partial charge < -0.3 is 14.8 Å². The minimum Gasteiger partial charge on any atom is -0.491 e. The highest BCUT2D eigenvalue weighted by Crippen LogP contribution is 2.37. The van der Waals surface area contributed by atoms with E-state index in [1.807, 2.05) is 37.3 Å². The van der Waals surface area contributed by atoms with E-state index in [2.05, 4.69) is 12.2 Å². The molecule has 0 saturated carbocycles. The van der Waals surface area contributed by atoms with Crippen LogP contribution in [0.25, 0.3) is 6.08 Å². The van der Waals surface area contributed by atoms with Gasteiger partial charge in [-0.3, -0.25) is 4.79 Å². The highest BCUT2D eigenvalue weighted by molar-refractivity contribution is 6.32. The van der Waals surface area contributed by atoms with Gasteiger partial charge in [-0.2, -0.15) is 5.26 Å². The predicted octanol–water partition coefficient (Wildman–Crippen LogP) is 5.64. The summed E-state index contributed by atoms with van der Waals surface area (Å²) in [5.41, 5.74) is 2.39. The van der Waals surface area contributed by atoms with Gasteiger partial charge in [0.15, 0.2) is 11.5 Å². The van der Waals surface area contributed by atoms with Crippen LogP contribution in [0.4, 0.5) is 5.69 Å². The highest BCUT2D eigenvalue weighted by Gasteiger charge is 2.14. The predicted molar refractivity (Wildman–Crippen MR) is 116 cm³/mol. The molecule has 0 aliphatic carbocycles. The minimum atomic E-state index is -0.487. The molecule has 29 heavy (non-hydrogen) atoms. The Morgan fingerprint density at radius 3 is 2.55 bits per heavy atom. The molecule has 0 aromatic heterocycles. The normalized spacial score (nSPS) is 10.9. The fourth-order valence-corrected chi connectivity index (χ4v) is 3.08. The Kier molecular flexibility index (Phi) is 8.57. The van der Waals surface area contributed by atoms with Crippen molar-refractivity contribution in [2.75, 3.05) is 19.0 Å². The number of hydrogen-bond donors (Lipinski definition) is 1. The third kappa shape index (κ3) is 6.27. The molecule has 0 spiro atoms. The molecule has 0 aliphatic rings. The molecule has 1 N–H and O–H groups in total. The number of methoxy groups -OCH3 is 1. The SMILES string of the molecule is CCCCc1ccc(NC(=O)/C(C#N)=C/c2cc(Cl)c(OC)c(OCC)c2)cc1. The summed E-state index contributed by atoms with van der Waals surface area (Å²) in [6, 6.07) is 12.9. The number of halogens is 1. The Balaban J connectivity index is 2.21. The van der Waals surface area contributed by atoms with Crippen molar-refractivity contribution in [2.24, 2.45) is 0 Å². The number of amides is 1. The van der Waals surface area contributed by atoms with Crippen molar-refractivity contribution in [3.05, 3.63) is 58.1 Å². The van der Waals surface area contributed by atoms with E-state index in [1.165, 1.54) is 18.7 Å². The number of nitrogens with zero attached hydrogens (tertiary/aromatic N) is 1. The van der Waals surface area contributed by atoms with Gasteiger partial charge in [0.25, 0.3) is 5.91 Å². The maximum absolute atomic E-state index is 12.5. The molecule has 0 radical (unpaired) electrons. The van der Waals surface area contributed by atoms with Crippen LogP contribution in [0, 0.1) is 11.3 Å². The number of nitrogens with one attached hydrogen (secondary N) is 1. The first-order valence-electron chi connectivity index (χ1n) is 9.54. The second-order valence-corrected chi connectivity index (χ2v) is 6.80. The second kappa shape index (κ2) is 11.1. The first kappa shape index (κ1) is 22.3. The van der Waals surface area contributed by atoms with Gasteiger partial charge in [-0.1, -0.05) is 37.1 Å². The van der Waals surface area contributed by atoms with Crippen molar-refractivity contribution in [3.8, 4) is 17.6 Å².